The van der Waals surface area contributed by atoms with Crippen LogP contribution in [0.1, 0.15) is 23.2 Å². The molecule has 82 valence electrons. The first-order valence-electron chi connectivity index (χ1n) is 4.81. The molecule has 16 heavy (non-hydrogen) atoms. The third-order valence-corrected chi connectivity index (χ3v) is 2.57. The number of nitriles is 1. The van der Waals surface area contributed by atoms with Crippen LogP contribution >= 0.6 is 0 Å². The summed E-state index contributed by atoms with van der Waals surface area (Å²) >= 11 is 0. The molecule has 1 N–H and O–H groups in total. The van der Waals surface area contributed by atoms with Crippen LogP contribution in [-0.4, -0.2) is 12.2 Å². The second-order valence-corrected chi connectivity index (χ2v) is 3.51. The molecule has 0 spiro atoms. The summed E-state index contributed by atoms with van der Waals surface area (Å²) in [6.07, 6.45) is -0.972. The number of nitrogens with zero attached hydrogens (tertiary/aromatic N) is 1. The van der Waals surface area contributed by atoms with Gasteiger partial charge >= 0.3 is 0 Å². The maximum Gasteiger partial charge on any atom is 0.207 e. The number of methoxy groups -OCH3 is 1. The smallest absolute Gasteiger partial charge is 0.207 e. The molecule has 2 aromatic rings. The first kappa shape index (κ1) is 10.7. The summed E-state index contributed by atoms with van der Waals surface area (Å²) in [7, 11) is 1.42. The maximum absolute atomic E-state index is 9.49. The molecule has 1 aromatic carbocycles. The molecule has 1 atom stereocenters. The van der Waals surface area contributed by atoms with Crippen LogP contribution in [0.15, 0.2) is 22.6 Å². The molecule has 0 fully saturated rings. The lowest BCUT2D eigenvalue weighted by Crippen LogP contribution is -1.98. The highest BCUT2D eigenvalue weighted by Gasteiger charge is 2.12. The zero-order valence-corrected chi connectivity index (χ0v) is 9.02. The van der Waals surface area contributed by atoms with Crippen molar-refractivity contribution < 1.29 is 14.3 Å². The third kappa shape index (κ3) is 1.56. The van der Waals surface area contributed by atoms with Crippen molar-refractivity contribution in [1.82, 2.24) is 0 Å². The summed E-state index contributed by atoms with van der Waals surface area (Å²) < 4.78 is 10.2. The minimum Gasteiger partial charge on any atom is -0.445 e. The van der Waals surface area contributed by atoms with E-state index in [1.54, 1.807) is 12.1 Å². The van der Waals surface area contributed by atoms with Crippen LogP contribution < -0.4 is 0 Å². The number of furan rings is 1. The fourth-order valence-corrected chi connectivity index (χ4v) is 1.64. The quantitative estimate of drug-likeness (QED) is 0.783. The third-order valence-electron chi connectivity index (χ3n) is 2.57. The second kappa shape index (κ2) is 3.97. The van der Waals surface area contributed by atoms with E-state index in [1.807, 2.05) is 19.1 Å². The van der Waals surface area contributed by atoms with E-state index in [9.17, 15) is 5.11 Å². The van der Waals surface area contributed by atoms with Gasteiger partial charge in [0.15, 0.2) is 6.29 Å². The zero-order valence-electron chi connectivity index (χ0n) is 9.02. The largest absolute Gasteiger partial charge is 0.445 e. The topological polar surface area (TPSA) is 66.4 Å². The van der Waals surface area contributed by atoms with E-state index in [4.69, 9.17) is 14.4 Å². The van der Waals surface area contributed by atoms with E-state index in [1.165, 1.54) is 7.11 Å². The number of rotatable bonds is 2. The second-order valence-electron chi connectivity index (χ2n) is 3.51. The number of aliphatic hydroxyl groups is 1. The minimum absolute atomic E-state index is 0.305. The average molecular weight is 217 g/mol. The highest BCUT2D eigenvalue weighted by molar-refractivity contribution is 5.83. The number of benzene rings is 1. The summed E-state index contributed by atoms with van der Waals surface area (Å²) in [4.78, 5) is 0. The number of fused-ring (bicyclic) bond motifs is 1. The van der Waals surface area contributed by atoms with E-state index < -0.39 is 6.29 Å². The molecule has 4 heteroatoms. The van der Waals surface area contributed by atoms with Crippen molar-refractivity contribution in [2.45, 2.75) is 13.2 Å². The SMILES string of the molecule is COC(O)c1ccc2c(C)c(C#N)oc2c1. The van der Waals surface area contributed by atoms with Gasteiger partial charge in [0.05, 0.1) is 0 Å². The van der Waals surface area contributed by atoms with Crippen molar-refractivity contribution in [1.29, 1.82) is 5.26 Å². The van der Waals surface area contributed by atoms with Crippen LogP contribution in [0.2, 0.25) is 0 Å². The Hall–Kier alpha value is -1.83. The molecule has 0 aliphatic carbocycles. The molecule has 0 bridgehead atoms. The maximum atomic E-state index is 9.49. The summed E-state index contributed by atoms with van der Waals surface area (Å²) in [5.41, 5.74) is 2.01. The van der Waals surface area contributed by atoms with Crippen molar-refractivity contribution in [3.63, 3.8) is 0 Å². The van der Waals surface area contributed by atoms with Crippen LogP contribution in [-0.2, 0) is 4.74 Å². The first-order chi connectivity index (χ1) is 7.67. The van der Waals surface area contributed by atoms with Crippen molar-refractivity contribution in [2.75, 3.05) is 7.11 Å². The van der Waals surface area contributed by atoms with Gasteiger partial charge in [-0.3, -0.25) is 0 Å². The number of aryl methyl sites for hydroxylation is 1. The molecule has 1 aromatic heterocycles. The van der Waals surface area contributed by atoms with Crippen LogP contribution in [0.5, 0.6) is 0 Å². The molecular formula is C12H11NO3. The molecule has 0 radical (unpaired) electrons. The van der Waals surface area contributed by atoms with Crippen LogP contribution in [0, 0.1) is 18.3 Å². The summed E-state index contributed by atoms with van der Waals surface area (Å²) in [5.74, 6) is 0.305. The predicted octanol–water partition coefficient (Wildman–Crippen LogP) is 2.25. The molecule has 0 saturated carbocycles. The fourth-order valence-electron chi connectivity index (χ4n) is 1.64. The van der Waals surface area contributed by atoms with Gasteiger partial charge in [-0.05, 0) is 13.0 Å². The van der Waals surface area contributed by atoms with E-state index in [2.05, 4.69) is 0 Å². The van der Waals surface area contributed by atoms with Gasteiger partial charge < -0.3 is 14.3 Å². The summed E-state index contributed by atoms with van der Waals surface area (Å²) in [5, 5.41) is 19.2. The van der Waals surface area contributed by atoms with E-state index in [0.29, 0.717) is 16.9 Å². The molecule has 2 rings (SSSR count). The van der Waals surface area contributed by atoms with Gasteiger partial charge in [0.2, 0.25) is 5.76 Å². The van der Waals surface area contributed by atoms with Gasteiger partial charge in [0.1, 0.15) is 11.7 Å². The van der Waals surface area contributed by atoms with Crippen molar-refractivity contribution >= 4 is 11.0 Å². The predicted molar refractivity (Wildman–Crippen MR) is 57.6 cm³/mol. The normalized spacial score (nSPS) is 12.6. The van der Waals surface area contributed by atoms with Crippen molar-refractivity contribution in [3.8, 4) is 6.07 Å². The summed E-state index contributed by atoms with van der Waals surface area (Å²) in [6, 6.07) is 7.23. The van der Waals surface area contributed by atoms with Crippen LogP contribution in [0.4, 0.5) is 0 Å². The van der Waals surface area contributed by atoms with Gasteiger partial charge in [0, 0.05) is 23.6 Å². The van der Waals surface area contributed by atoms with Gasteiger partial charge in [-0.2, -0.15) is 5.26 Å². The van der Waals surface area contributed by atoms with E-state index in [0.717, 1.165) is 10.9 Å². The molecule has 0 saturated heterocycles. The molecule has 4 nitrogen and oxygen atoms in total. The molecule has 1 heterocycles. The minimum atomic E-state index is -0.972. The van der Waals surface area contributed by atoms with Gasteiger partial charge in [0.25, 0.3) is 0 Å². The molecule has 1 unspecified atom stereocenters. The summed E-state index contributed by atoms with van der Waals surface area (Å²) in [6.45, 7) is 1.83. The Morgan fingerprint density at radius 3 is 2.88 bits per heavy atom. The number of aliphatic hydroxyl groups excluding tert-OH is 1. The Kier molecular flexibility index (Phi) is 2.65. The molecule has 0 aliphatic rings. The van der Waals surface area contributed by atoms with Crippen molar-refractivity contribution in [2.24, 2.45) is 0 Å². The van der Waals surface area contributed by atoms with Gasteiger partial charge in [-0.1, -0.05) is 12.1 Å². The molecule has 0 aliphatic heterocycles. The Morgan fingerprint density at radius 2 is 2.25 bits per heavy atom. The lowest BCUT2D eigenvalue weighted by molar-refractivity contribution is -0.0768. The first-order valence-corrected chi connectivity index (χ1v) is 4.81. The van der Waals surface area contributed by atoms with Crippen LogP contribution in [0.3, 0.4) is 0 Å². The Bertz CT molecular complexity index is 565. The number of hydrogen-bond donors (Lipinski definition) is 1. The number of ether oxygens (including phenoxy) is 1. The zero-order chi connectivity index (χ0) is 11.7. The monoisotopic (exact) mass is 217 g/mol. The Balaban J connectivity index is 2.60. The molecule has 0 amide bonds. The molecular weight excluding hydrogens is 206 g/mol. The highest BCUT2D eigenvalue weighted by atomic mass is 16.6. The van der Waals surface area contributed by atoms with Crippen molar-refractivity contribution in [3.05, 3.63) is 35.1 Å². The number of hydrogen-bond acceptors (Lipinski definition) is 4. The van der Waals surface area contributed by atoms with E-state index in [-0.39, 0.29) is 0 Å². The fraction of sp³-hybridized carbons (Fsp3) is 0.250. The standard InChI is InChI=1S/C12H11NO3/c1-7-9-4-3-8(12(14)15-2)5-10(9)16-11(7)6-13/h3-5,12,14H,1-2H3. The lowest BCUT2D eigenvalue weighted by atomic mass is 10.1. The van der Waals surface area contributed by atoms with Crippen LogP contribution in [0.25, 0.3) is 11.0 Å². The highest BCUT2D eigenvalue weighted by Crippen LogP contribution is 2.27. The van der Waals surface area contributed by atoms with Gasteiger partial charge in [-0.15, -0.1) is 0 Å². The lowest BCUT2D eigenvalue weighted by Gasteiger charge is -2.07. The Morgan fingerprint density at radius 1 is 1.50 bits per heavy atom. The van der Waals surface area contributed by atoms with Gasteiger partial charge in [-0.25, -0.2) is 0 Å². The Labute approximate surface area is 92.7 Å². The van der Waals surface area contributed by atoms with E-state index >= 15 is 0 Å². The average Bonchev–Trinajstić information content (AvgIpc) is 2.64.